The summed E-state index contributed by atoms with van der Waals surface area (Å²) in [5, 5.41) is 3.97. The van der Waals surface area contributed by atoms with E-state index in [0.29, 0.717) is 13.1 Å². The molecule has 1 heterocycles. The molecule has 7 heteroatoms. The Bertz CT molecular complexity index is 742. The summed E-state index contributed by atoms with van der Waals surface area (Å²) in [6.45, 7) is 5.31. The minimum Gasteiger partial charge on any atom is -0.274 e. The summed E-state index contributed by atoms with van der Waals surface area (Å²) >= 11 is 5.86. The maximum atomic E-state index is 12.4. The van der Waals surface area contributed by atoms with Crippen LogP contribution in [0.15, 0.2) is 47.5 Å². The van der Waals surface area contributed by atoms with Gasteiger partial charge < -0.3 is 0 Å². The Balaban J connectivity index is 1.95. The fraction of sp³-hybridized carbons (Fsp3) is 0.353. The topological polar surface area (TPSA) is 63.6 Å². The lowest BCUT2D eigenvalue weighted by molar-refractivity contribution is -0.364. The molecule has 0 bridgehead atoms. The van der Waals surface area contributed by atoms with E-state index in [-0.39, 0.29) is 4.90 Å². The van der Waals surface area contributed by atoms with Crippen LogP contribution in [-0.4, -0.2) is 32.4 Å². The molecule has 2 rings (SSSR count). The summed E-state index contributed by atoms with van der Waals surface area (Å²) in [5.41, 5.74) is 1.19. The Kier molecular flexibility index (Phi) is 6.60. The van der Waals surface area contributed by atoms with E-state index in [1.54, 1.807) is 12.1 Å². The first kappa shape index (κ1) is 18.7. The van der Waals surface area contributed by atoms with Crippen LogP contribution in [0.2, 0.25) is 5.02 Å². The van der Waals surface area contributed by atoms with Gasteiger partial charge in [0.15, 0.2) is 0 Å². The molecule has 0 aliphatic rings. The number of pyridine rings is 1. The Morgan fingerprint density at radius 1 is 1.08 bits per heavy atom. The highest BCUT2D eigenvalue weighted by molar-refractivity contribution is 7.89. The van der Waals surface area contributed by atoms with Crippen molar-refractivity contribution in [1.29, 1.82) is 0 Å². The molecule has 0 aliphatic heterocycles. The molecule has 0 unspecified atom stereocenters. The molecule has 0 radical (unpaired) electrons. The van der Waals surface area contributed by atoms with Gasteiger partial charge in [0.2, 0.25) is 10.0 Å². The highest BCUT2D eigenvalue weighted by Crippen LogP contribution is 2.14. The van der Waals surface area contributed by atoms with Gasteiger partial charge in [0, 0.05) is 30.6 Å². The van der Waals surface area contributed by atoms with E-state index in [4.69, 9.17) is 11.6 Å². The van der Waals surface area contributed by atoms with Gasteiger partial charge in [-0.2, -0.15) is 4.31 Å². The van der Waals surface area contributed by atoms with Gasteiger partial charge in [0.05, 0.1) is 6.54 Å². The molecule has 0 aliphatic carbocycles. The van der Waals surface area contributed by atoms with Crippen LogP contribution >= 0.6 is 11.6 Å². The summed E-state index contributed by atoms with van der Waals surface area (Å²) in [5.74, 6) is 0.780. The number of sulfonamides is 1. The van der Waals surface area contributed by atoms with Crippen molar-refractivity contribution < 1.29 is 13.4 Å². The molecule has 0 amide bonds. The van der Waals surface area contributed by atoms with Gasteiger partial charge in [0.1, 0.15) is 11.1 Å². The van der Waals surface area contributed by atoms with E-state index in [1.165, 1.54) is 16.1 Å². The van der Waals surface area contributed by atoms with Gasteiger partial charge in [0.25, 0.3) is 5.82 Å². The maximum Gasteiger partial charge on any atom is 0.272 e. The molecular weight excluding hydrogens is 346 g/mol. The first-order valence-corrected chi connectivity index (χ1v) is 9.79. The number of aromatic amines is 1. The Morgan fingerprint density at radius 2 is 1.75 bits per heavy atom. The van der Waals surface area contributed by atoms with Crippen LogP contribution in [0.4, 0.5) is 5.82 Å². The molecule has 0 spiro atoms. The average molecular weight is 369 g/mol. The molecule has 2 N–H and O–H groups in total. The Labute approximate surface area is 148 Å². The first-order chi connectivity index (χ1) is 11.5. The number of halogens is 1. The van der Waals surface area contributed by atoms with E-state index in [2.05, 4.69) is 10.3 Å². The van der Waals surface area contributed by atoms with Crippen molar-refractivity contribution in [2.24, 2.45) is 0 Å². The lowest BCUT2D eigenvalue weighted by atomic mass is 10.1. The number of hydrogen-bond donors (Lipinski definition) is 1. The van der Waals surface area contributed by atoms with Gasteiger partial charge in [-0.3, -0.25) is 5.32 Å². The summed E-state index contributed by atoms with van der Waals surface area (Å²) in [6, 6.07) is 11.1. The van der Waals surface area contributed by atoms with E-state index >= 15 is 0 Å². The zero-order chi connectivity index (χ0) is 17.6. The lowest BCUT2D eigenvalue weighted by Gasteiger charge is -2.17. The summed E-state index contributed by atoms with van der Waals surface area (Å²) in [6.07, 6.45) is 2.38. The molecule has 5 nitrogen and oxygen atoms in total. The van der Waals surface area contributed by atoms with Crippen molar-refractivity contribution in [2.45, 2.75) is 25.2 Å². The molecule has 1 aromatic heterocycles. The third-order valence-electron chi connectivity index (χ3n) is 3.77. The van der Waals surface area contributed by atoms with Crippen LogP contribution in [0.3, 0.4) is 0 Å². The van der Waals surface area contributed by atoms with Gasteiger partial charge in [-0.15, -0.1) is 0 Å². The number of H-pyrrole nitrogens is 1. The number of nitrogens with one attached hydrogen (secondary N) is 2. The fourth-order valence-electron chi connectivity index (χ4n) is 2.39. The third-order valence-corrected chi connectivity index (χ3v) is 6.07. The molecule has 1 aromatic carbocycles. The monoisotopic (exact) mass is 368 g/mol. The highest BCUT2D eigenvalue weighted by Gasteiger charge is 2.22. The molecular formula is C17H23ClN3O2S+. The molecule has 0 saturated carbocycles. The van der Waals surface area contributed by atoms with E-state index in [9.17, 15) is 8.42 Å². The summed E-state index contributed by atoms with van der Waals surface area (Å²) in [7, 11) is -3.42. The first-order valence-electron chi connectivity index (χ1n) is 7.97. The van der Waals surface area contributed by atoms with Crippen molar-refractivity contribution in [3.8, 4) is 0 Å². The average Bonchev–Trinajstić information content (AvgIpc) is 2.58. The van der Waals surface area contributed by atoms with Gasteiger partial charge >= 0.3 is 0 Å². The van der Waals surface area contributed by atoms with Crippen LogP contribution in [0, 0.1) is 0 Å². The Morgan fingerprint density at radius 3 is 2.29 bits per heavy atom. The normalized spacial score (nSPS) is 11.7. The fourth-order valence-corrected chi connectivity index (χ4v) is 3.94. The van der Waals surface area contributed by atoms with Crippen molar-refractivity contribution in [1.82, 2.24) is 4.31 Å². The summed E-state index contributed by atoms with van der Waals surface area (Å²) < 4.78 is 26.2. The maximum absolute atomic E-state index is 12.4. The van der Waals surface area contributed by atoms with Crippen molar-refractivity contribution in [3.05, 3.63) is 53.2 Å². The van der Waals surface area contributed by atoms with Crippen molar-refractivity contribution in [3.63, 3.8) is 0 Å². The van der Waals surface area contributed by atoms with E-state index in [1.807, 2.05) is 38.1 Å². The largest absolute Gasteiger partial charge is 0.274 e. The Hall–Kier alpha value is -1.63. The van der Waals surface area contributed by atoms with Gasteiger partial charge in [-0.1, -0.05) is 37.6 Å². The number of nitrogens with zero attached hydrogens (tertiary/aromatic N) is 1. The number of hydrogen-bond acceptors (Lipinski definition) is 3. The smallest absolute Gasteiger partial charge is 0.272 e. The molecule has 0 saturated heterocycles. The summed E-state index contributed by atoms with van der Waals surface area (Å²) in [4.78, 5) is 3.28. The number of aromatic nitrogens is 1. The van der Waals surface area contributed by atoms with Crippen LogP contribution in [0.5, 0.6) is 0 Å². The van der Waals surface area contributed by atoms with Crippen molar-refractivity contribution in [2.75, 3.05) is 25.0 Å². The van der Waals surface area contributed by atoms with Crippen molar-refractivity contribution >= 4 is 27.4 Å². The third kappa shape index (κ3) is 4.69. The minimum absolute atomic E-state index is 0.273. The van der Waals surface area contributed by atoms with Crippen LogP contribution in [0.1, 0.15) is 19.4 Å². The minimum atomic E-state index is -3.42. The number of rotatable bonds is 8. The predicted molar refractivity (Wildman–Crippen MR) is 96.8 cm³/mol. The zero-order valence-corrected chi connectivity index (χ0v) is 15.5. The molecule has 24 heavy (non-hydrogen) atoms. The molecule has 2 aromatic rings. The second kappa shape index (κ2) is 8.46. The van der Waals surface area contributed by atoms with Crippen LogP contribution in [-0.2, 0) is 16.4 Å². The predicted octanol–water partition coefficient (Wildman–Crippen LogP) is 2.84. The lowest BCUT2D eigenvalue weighted by Crippen LogP contribution is -2.31. The molecule has 0 atom stereocenters. The van der Waals surface area contributed by atoms with Gasteiger partial charge in [-0.25, -0.2) is 13.4 Å². The van der Waals surface area contributed by atoms with Crippen LogP contribution in [0.25, 0.3) is 0 Å². The van der Waals surface area contributed by atoms with Gasteiger partial charge in [-0.05, 0) is 23.8 Å². The SMILES string of the molecule is CCN(CC)S(=O)(=O)c1ccc(NCCc2ccc(Cl)cc2)[nH+]c1. The van der Waals surface area contributed by atoms with E-state index in [0.717, 1.165) is 23.8 Å². The second-order valence-corrected chi connectivity index (χ2v) is 7.70. The molecule has 130 valence electrons. The number of anilines is 1. The van der Waals surface area contributed by atoms with Crippen LogP contribution < -0.4 is 10.3 Å². The number of benzene rings is 1. The highest BCUT2D eigenvalue weighted by atomic mass is 35.5. The zero-order valence-electron chi connectivity index (χ0n) is 13.9. The molecule has 0 fully saturated rings. The van der Waals surface area contributed by atoms with E-state index < -0.39 is 10.0 Å². The standard InChI is InChI=1S/C17H22ClN3O2S/c1-3-21(4-2)24(22,23)16-9-10-17(20-13-16)19-12-11-14-5-7-15(18)8-6-14/h5-10,13H,3-4,11-12H2,1-2H3,(H,19,20)/p+1. The second-order valence-electron chi connectivity index (χ2n) is 5.33. The quantitative estimate of drug-likeness (QED) is 0.779.